The third kappa shape index (κ3) is 5.46. The Morgan fingerprint density at radius 3 is 0.897 bits per heavy atom. The van der Waals surface area contributed by atoms with Crippen LogP contribution in [0, 0.1) is 63.0 Å². The molecule has 2 saturated heterocycles. The smallest absolute Gasteiger partial charge is 0.403 e. The number of hydrogen-bond donors (Lipinski definition) is 0. The van der Waals surface area contributed by atoms with Crippen LogP contribution in [0.2, 0.25) is 0 Å². The number of hydrogen-bond acceptors (Lipinski definition) is 4. The molecule has 10 radical (unpaired) electrons. The summed E-state index contributed by atoms with van der Waals surface area (Å²) in [5, 5.41) is 0. The second-order valence-electron chi connectivity index (χ2n) is 9.61. The Hall–Kier alpha value is 0.489. The molecular formula is C22H32B2FeO4. The van der Waals surface area contributed by atoms with Crippen molar-refractivity contribution in [1.29, 1.82) is 0 Å². The molecule has 4 nitrogen and oxygen atoms in total. The largest absolute Gasteiger partial charge is 0.465 e. The maximum Gasteiger partial charge on any atom is 0.465 e. The van der Waals surface area contributed by atoms with Crippen LogP contribution in [-0.4, -0.2) is 36.6 Å². The Balaban J connectivity index is 0.000000200. The van der Waals surface area contributed by atoms with Crippen molar-refractivity contribution in [2.75, 3.05) is 0 Å². The molecule has 2 aliphatic carbocycles. The minimum absolute atomic E-state index is 0. The summed E-state index contributed by atoms with van der Waals surface area (Å²) in [6.45, 7) is 16.5. The van der Waals surface area contributed by atoms with E-state index in [1.807, 2.05) is 51.4 Å². The van der Waals surface area contributed by atoms with E-state index in [1.165, 1.54) is 0 Å². The van der Waals surface area contributed by atoms with Gasteiger partial charge in [-0.25, -0.2) is 0 Å². The molecule has 0 amide bonds. The first-order chi connectivity index (χ1) is 12.8. The quantitative estimate of drug-likeness (QED) is 0.611. The van der Waals surface area contributed by atoms with Crippen LogP contribution in [0.4, 0.5) is 0 Å². The van der Waals surface area contributed by atoms with Gasteiger partial charge in [0.2, 0.25) is 0 Å². The Morgan fingerprint density at radius 1 is 0.483 bits per heavy atom. The molecule has 4 fully saturated rings. The zero-order valence-electron chi connectivity index (χ0n) is 18.8. The fraction of sp³-hybridized carbons (Fsp3) is 0.545. The first kappa shape index (κ1) is 25.7. The second kappa shape index (κ2) is 9.16. The predicted octanol–water partition coefficient (Wildman–Crippen LogP) is 4.04. The fourth-order valence-electron chi connectivity index (χ4n) is 3.05. The molecule has 7 heteroatoms. The monoisotopic (exact) mass is 438 g/mol. The molecule has 4 aliphatic rings. The van der Waals surface area contributed by atoms with Gasteiger partial charge in [-0.2, -0.15) is 0 Å². The van der Waals surface area contributed by atoms with E-state index in [2.05, 4.69) is 55.4 Å². The minimum atomic E-state index is -0.241. The third-order valence-electron chi connectivity index (χ3n) is 6.43. The van der Waals surface area contributed by atoms with E-state index in [-0.39, 0.29) is 53.7 Å². The molecular weight excluding hydrogens is 406 g/mol. The van der Waals surface area contributed by atoms with Gasteiger partial charge in [0.25, 0.3) is 0 Å². The van der Waals surface area contributed by atoms with Crippen LogP contribution in [0.5, 0.6) is 0 Å². The van der Waals surface area contributed by atoms with Gasteiger partial charge in [-0.05, 0) is 107 Å². The molecule has 0 atom stereocenters. The molecule has 0 unspecified atom stereocenters. The van der Waals surface area contributed by atoms with Gasteiger partial charge >= 0.3 is 14.2 Å². The van der Waals surface area contributed by atoms with Crippen LogP contribution in [0.1, 0.15) is 55.4 Å². The van der Waals surface area contributed by atoms with Gasteiger partial charge in [-0.3, -0.25) is 0 Å². The first-order valence-electron chi connectivity index (χ1n) is 9.99. The standard InChI is InChI=1S/2C11H16BO2.Fe/c2*1-10(2)11(3,4)14-12(13-10)9-7-5-6-8-9;/h2*5-8H,1-4H3;. The van der Waals surface area contributed by atoms with Crippen molar-refractivity contribution < 1.29 is 35.7 Å². The molecule has 0 N–H and O–H groups in total. The van der Waals surface area contributed by atoms with E-state index in [0.717, 1.165) is 11.6 Å². The zero-order chi connectivity index (χ0) is 20.8. The van der Waals surface area contributed by atoms with E-state index < -0.39 is 0 Å². The molecule has 0 aromatic heterocycles. The maximum atomic E-state index is 5.89. The van der Waals surface area contributed by atoms with Crippen LogP contribution in [0.3, 0.4) is 0 Å². The van der Waals surface area contributed by atoms with Crippen molar-refractivity contribution in [3.63, 3.8) is 0 Å². The summed E-state index contributed by atoms with van der Waals surface area (Å²) in [6, 6.07) is 0. The van der Waals surface area contributed by atoms with Crippen molar-refractivity contribution in [3.8, 4) is 0 Å². The fourth-order valence-corrected chi connectivity index (χ4v) is 3.05. The van der Waals surface area contributed by atoms with Crippen LogP contribution in [0.25, 0.3) is 0 Å². The molecule has 2 aliphatic heterocycles. The molecule has 0 spiro atoms. The SMILES string of the molecule is CC1(C)OB([C]2[CH][CH][CH][CH]2)OC1(C)C.CC1(C)OB([C]2[CH][CH][CH][CH]2)OC1(C)C.[Fe]. The van der Waals surface area contributed by atoms with E-state index >= 15 is 0 Å². The predicted molar refractivity (Wildman–Crippen MR) is 113 cm³/mol. The van der Waals surface area contributed by atoms with Crippen molar-refractivity contribution >= 4 is 14.2 Å². The summed E-state index contributed by atoms with van der Waals surface area (Å²) in [5.74, 6) is 2.20. The van der Waals surface area contributed by atoms with Crippen LogP contribution < -0.4 is 0 Å². The van der Waals surface area contributed by atoms with Crippen LogP contribution >= 0.6 is 0 Å². The van der Waals surface area contributed by atoms with Gasteiger partial charge in [0.1, 0.15) is 0 Å². The average Bonchev–Trinajstić information content (AvgIpc) is 3.31. The summed E-state index contributed by atoms with van der Waals surface area (Å²) >= 11 is 0. The molecule has 2 saturated carbocycles. The summed E-state index contributed by atoms with van der Waals surface area (Å²) in [4.78, 5) is 0. The molecule has 4 rings (SSSR count). The third-order valence-corrected chi connectivity index (χ3v) is 6.43. The van der Waals surface area contributed by atoms with E-state index in [9.17, 15) is 0 Å². The molecule has 0 aromatic carbocycles. The average molecular weight is 438 g/mol. The zero-order valence-corrected chi connectivity index (χ0v) is 19.9. The molecule has 0 bridgehead atoms. The van der Waals surface area contributed by atoms with Gasteiger partial charge < -0.3 is 18.6 Å². The molecule has 29 heavy (non-hydrogen) atoms. The molecule has 158 valence electrons. The van der Waals surface area contributed by atoms with E-state index in [1.54, 1.807) is 0 Å². The van der Waals surface area contributed by atoms with Gasteiger partial charge in [-0.15, -0.1) is 0 Å². The Morgan fingerprint density at radius 2 is 0.690 bits per heavy atom. The van der Waals surface area contributed by atoms with Gasteiger partial charge in [0.05, 0.1) is 22.4 Å². The van der Waals surface area contributed by atoms with Crippen molar-refractivity contribution in [3.05, 3.63) is 63.0 Å². The van der Waals surface area contributed by atoms with E-state index in [0.29, 0.717) is 0 Å². The summed E-state index contributed by atoms with van der Waals surface area (Å²) in [6.07, 6.45) is 16.1. The second-order valence-corrected chi connectivity index (χ2v) is 9.61. The molecule has 0 aromatic rings. The van der Waals surface area contributed by atoms with Gasteiger partial charge in [-0.1, -0.05) is 0 Å². The van der Waals surface area contributed by atoms with Gasteiger partial charge in [0, 0.05) is 28.7 Å². The summed E-state index contributed by atoms with van der Waals surface area (Å²) in [7, 11) is -0.426. The summed E-state index contributed by atoms with van der Waals surface area (Å²) < 4.78 is 23.5. The summed E-state index contributed by atoms with van der Waals surface area (Å²) in [5.41, 5.74) is -0.965. The minimum Gasteiger partial charge on any atom is -0.403 e. The van der Waals surface area contributed by atoms with Crippen molar-refractivity contribution in [2.24, 2.45) is 0 Å². The van der Waals surface area contributed by atoms with Crippen LogP contribution in [0.15, 0.2) is 0 Å². The molecule has 2 heterocycles. The van der Waals surface area contributed by atoms with Crippen LogP contribution in [-0.2, 0) is 35.7 Å². The topological polar surface area (TPSA) is 36.9 Å². The Kier molecular flexibility index (Phi) is 8.13. The van der Waals surface area contributed by atoms with E-state index in [4.69, 9.17) is 18.6 Å². The maximum absolute atomic E-state index is 5.89. The van der Waals surface area contributed by atoms with Crippen molar-refractivity contribution in [2.45, 2.75) is 77.8 Å². The normalized spacial score (nSPS) is 30.2. The number of rotatable bonds is 2. The van der Waals surface area contributed by atoms with Gasteiger partial charge in [0.15, 0.2) is 0 Å². The first-order valence-corrected chi connectivity index (χ1v) is 9.99. The Labute approximate surface area is 190 Å². The Bertz CT molecular complexity index is 461. The van der Waals surface area contributed by atoms with Crippen molar-refractivity contribution in [1.82, 2.24) is 0 Å².